The molecule has 1 N–H and O–H groups in total. The Labute approximate surface area is 79.7 Å². The molecule has 0 aromatic rings. The van der Waals surface area contributed by atoms with Crippen molar-refractivity contribution in [2.24, 2.45) is 15.9 Å². The lowest BCUT2D eigenvalue weighted by atomic mass is 9.91. The monoisotopic (exact) mass is 179 g/mol. The van der Waals surface area contributed by atoms with Gasteiger partial charge >= 0.3 is 0 Å². The molecule has 0 aromatic carbocycles. The zero-order valence-corrected chi connectivity index (χ0v) is 8.16. The summed E-state index contributed by atoms with van der Waals surface area (Å²) in [6.07, 6.45) is 6.06. The van der Waals surface area contributed by atoms with E-state index in [2.05, 4.69) is 22.0 Å². The standard InChI is InChI=1S/C10H17N3/c1-11-7-10(8-12-2)9-3-5-13-6-4-9/h7-9,13H,1,3-6H2,2H3/b10-7+,12-8?. The molecule has 1 heterocycles. The van der Waals surface area contributed by atoms with Crippen molar-refractivity contribution in [3.63, 3.8) is 0 Å². The highest BCUT2D eigenvalue weighted by molar-refractivity contribution is 5.79. The van der Waals surface area contributed by atoms with E-state index in [1.807, 2.05) is 12.4 Å². The van der Waals surface area contributed by atoms with Gasteiger partial charge in [-0.2, -0.15) is 0 Å². The number of aliphatic imine (C=N–C) groups is 2. The van der Waals surface area contributed by atoms with Crippen LogP contribution in [-0.4, -0.2) is 33.1 Å². The first-order chi connectivity index (χ1) is 6.38. The van der Waals surface area contributed by atoms with Gasteiger partial charge in [0, 0.05) is 19.5 Å². The number of rotatable bonds is 3. The Morgan fingerprint density at radius 2 is 2.15 bits per heavy atom. The van der Waals surface area contributed by atoms with Crippen molar-refractivity contribution in [3.05, 3.63) is 11.8 Å². The van der Waals surface area contributed by atoms with Gasteiger partial charge in [-0.3, -0.25) is 9.98 Å². The number of hydrogen-bond acceptors (Lipinski definition) is 3. The molecule has 0 aliphatic carbocycles. The molecule has 0 radical (unpaired) electrons. The minimum absolute atomic E-state index is 0.607. The fourth-order valence-electron chi connectivity index (χ4n) is 1.65. The Morgan fingerprint density at radius 1 is 1.46 bits per heavy atom. The second-order valence-electron chi connectivity index (χ2n) is 3.22. The minimum atomic E-state index is 0.607. The van der Waals surface area contributed by atoms with Crippen molar-refractivity contribution < 1.29 is 0 Å². The van der Waals surface area contributed by atoms with Crippen molar-refractivity contribution in [1.29, 1.82) is 0 Å². The van der Waals surface area contributed by atoms with Gasteiger partial charge in [0.1, 0.15) is 0 Å². The molecule has 1 rings (SSSR count). The molecular formula is C10H17N3. The third-order valence-corrected chi connectivity index (χ3v) is 2.33. The molecule has 0 aromatic heterocycles. The molecule has 1 saturated heterocycles. The van der Waals surface area contributed by atoms with Crippen molar-refractivity contribution >= 4 is 12.9 Å². The van der Waals surface area contributed by atoms with Gasteiger partial charge in [-0.15, -0.1) is 0 Å². The average molecular weight is 179 g/mol. The second-order valence-corrected chi connectivity index (χ2v) is 3.22. The molecule has 0 unspecified atom stereocenters. The fourth-order valence-corrected chi connectivity index (χ4v) is 1.65. The van der Waals surface area contributed by atoms with Gasteiger partial charge in [0.05, 0.1) is 0 Å². The zero-order valence-electron chi connectivity index (χ0n) is 8.16. The third kappa shape index (κ3) is 3.11. The Morgan fingerprint density at radius 3 is 2.69 bits per heavy atom. The minimum Gasteiger partial charge on any atom is -0.317 e. The van der Waals surface area contributed by atoms with Crippen LogP contribution >= 0.6 is 0 Å². The summed E-state index contributed by atoms with van der Waals surface area (Å²) in [7, 11) is 1.79. The van der Waals surface area contributed by atoms with E-state index < -0.39 is 0 Å². The molecule has 0 amide bonds. The van der Waals surface area contributed by atoms with Gasteiger partial charge in [-0.05, 0) is 44.1 Å². The van der Waals surface area contributed by atoms with E-state index >= 15 is 0 Å². The van der Waals surface area contributed by atoms with Crippen LogP contribution in [0.2, 0.25) is 0 Å². The van der Waals surface area contributed by atoms with Gasteiger partial charge in [0.25, 0.3) is 0 Å². The van der Waals surface area contributed by atoms with Crippen LogP contribution in [-0.2, 0) is 0 Å². The first-order valence-electron chi connectivity index (χ1n) is 4.67. The van der Waals surface area contributed by atoms with Gasteiger partial charge < -0.3 is 5.32 Å². The van der Waals surface area contributed by atoms with Gasteiger partial charge in [0.2, 0.25) is 0 Å². The number of piperidine rings is 1. The highest BCUT2D eigenvalue weighted by atomic mass is 14.9. The summed E-state index contributed by atoms with van der Waals surface area (Å²) in [5.41, 5.74) is 1.21. The Bertz CT molecular complexity index is 212. The largest absolute Gasteiger partial charge is 0.317 e. The van der Waals surface area contributed by atoms with Crippen LogP contribution in [0.15, 0.2) is 21.8 Å². The Hall–Kier alpha value is -0.960. The maximum Gasteiger partial charge on any atom is 0.0310 e. The van der Waals surface area contributed by atoms with Gasteiger partial charge in [0.15, 0.2) is 0 Å². The van der Waals surface area contributed by atoms with Gasteiger partial charge in [-0.25, -0.2) is 0 Å². The Balaban J connectivity index is 2.62. The van der Waals surface area contributed by atoms with Crippen LogP contribution in [0.3, 0.4) is 0 Å². The summed E-state index contributed by atoms with van der Waals surface area (Å²) in [5.74, 6) is 0.607. The highest BCUT2D eigenvalue weighted by Crippen LogP contribution is 2.19. The summed E-state index contributed by atoms with van der Waals surface area (Å²) in [6.45, 7) is 5.66. The van der Waals surface area contributed by atoms with Crippen LogP contribution in [0.4, 0.5) is 0 Å². The van der Waals surface area contributed by atoms with Gasteiger partial charge in [-0.1, -0.05) is 0 Å². The highest BCUT2D eigenvalue weighted by Gasteiger charge is 2.15. The zero-order chi connectivity index (χ0) is 9.52. The summed E-state index contributed by atoms with van der Waals surface area (Å²) in [6, 6.07) is 0. The lowest BCUT2D eigenvalue weighted by Gasteiger charge is -2.22. The lowest BCUT2D eigenvalue weighted by molar-refractivity contribution is 0.429. The van der Waals surface area contributed by atoms with Crippen LogP contribution in [0, 0.1) is 5.92 Å². The molecule has 72 valence electrons. The topological polar surface area (TPSA) is 36.8 Å². The van der Waals surface area contributed by atoms with E-state index in [1.165, 1.54) is 18.4 Å². The van der Waals surface area contributed by atoms with E-state index in [-0.39, 0.29) is 0 Å². The van der Waals surface area contributed by atoms with Crippen molar-refractivity contribution in [1.82, 2.24) is 5.32 Å². The summed E-state index contributed by atoms with van der Waals surface area (Å²) >= 11 is 0. The second kappa shape index (κ2) is 5.65. The molecule has 0 saturated carbocycles. The molecule has 1 fully saturated rings. The number of hydrogen-bond donors (Lipinski definition) is 1. The molecule has 0 atom stereocenters. The van der Waals surface area contributed by atoms with E-state index in [9.17, 15) is 0 Å². The van der Waals surface area contributed by atoms with E-state index in [1.54, 1.807) is 7.05 Å². The lowest BCUT2D eigenvalue weighted by Crippen LogP contribution is -2.28. The van der Waals surface area contributed by atoms with Crippen molar-refractivity contribution in [2.45, 2.75) is 12.8 Å². The normalized spacial score (nSPS) is 20.8. The molecule has 1 aliphatic heterocycles. The van der Waals surface area contributed by atoms with Crippen LogP contribution in [0.25, 0.3) is 0 Å². The number of allylic oxidation sites excluding steroid dienone is 1. The molecule has 3 heteroatoms. The quantitative estimate of drug-likeness (QED) is 0.651. The molecular weight excluding hydrogens is 162 g/mol. The SMILES string of the molecule is C=N/C=C(\C=NC)C1CCNCC1. The Kier molecular flexibility index (Phi) is 4.40. The molecule has 13 heavy (non-hydrogen) atoms. The maximum absolute atomic E-state index is 4.03. The smallest absolute Gasteiger partial charge is 0.0310 e. The summed E-state index contributed by atoms with van der Waals surface area (Å²) in [4.78, 5) is 7.83. The molecule has 0 spiro atoms. The van der Waals surface area contributed by atoms with E-state index in [0.717, 1.165) is 13.1 Å². The summed E-state index contributed by atoms with van der Waals surface area (Å²) < 4.78 is 0. The third-order valence-electron chi connectivity index (χ3n) is 2.33. The van der Waals surface area contributed by atoms with E-state index in [4.69, 9.17) is 0 Å². The predicted octanol–water partition coefficient (Wildman–Crippen LogP) is 1.27. The van der Waals surface area contributed by atoms with Crippen LogP contribution in [0.5, 0.6) is 0 Å². The maximum atomic E-state index is 4.03. The first-order valence-corrected chi connectivity index (χ1v) is 4.67. The van der Waals surface area contributed by atoms with Crippen molar-refractivity contribution in [2.75, 3.05) is 20.1 Å². The average Bonchev–Trinajstić information content (AvgIpc) is 2.19. The predicted molar refractivity (Wildman–Crippen MR) is 57.6 cm³/mol. The number of nitrogens with zero attached hydrogens (tertiary/aromatic N) is 2. The molecule has 1 aliphatic rings. The van der Waals surface area contributed by atoms with Crippen LogP contribution in [0.1, 0.15) is 12.8 Å². The molecule has 0 bridgehead atoms. The summed E-state index contributed by atoms with van der Waals surface area (Å²) in [5, 5.41) is 3.34. The number of nitrogens with one attached hydrogen (secondary N) is 1. The first kappa shape index (κ1) is 10.1. The van der Waals surface area contributed by atoms with Crippen molar-refractivity contribution in [3.8, 4) is 0 Å². The van der Waals surface area contributed by atoms with E-state index in [0.29, 0.717) is 5.92 Å². The molecule has 3 nitrogen and oxygen atoms in total. The fraction of sp³-hybridized carbons (Fsp3) is 0.600. The van der Waals surface area contributed by atoms with Crippen LogP contribution < -0.4 is 5.32 Å².